The zero-order valence-corrected chi connectivity index (χ0v) is 10.5. The van der Waals surface area contributed by atoms with Crippen LogP contribution in [0.25, 0.3) is 0 Å². The number of aromatic nitrogens is 1. The van der Waals surface area contributed by atoms with E-state index < -0.39 is 10.5 Å². The molecule has 1 heterocycles. The molecule has 0 saturated heterocycles. The second-order valence-electron chi connectivity index (χ2n) is 3.95. The van der Waals surface area contributed by atoms with Gasteiger partial charge in [0.05, 0.1) is 10.5 Å². The summed E-state index contributed by atoms with van der Waals surface area (Å²) in [5, 5.41) is 23.0. The number of hydrogen-bond donors (Lipinski definition) is 2. The van der Waals surface area contributed by atoms with Gasteiger partial charge in [-0.3, -0.25) is 10.1 Å². The molecule has 0 saturated carbocycles. The van der Waals surface area contributed by atoms with Crippen molar-refractivity contribution in [2.75, 3.05) is 11.9 Å². The van der Waals surface area contributed by atoms with E-state index in [9.17, 15) is 15.2 Å². The molecule has 1 rings (SSSR count). The van der Waals surface area contributed by atoms with Gasteiger partial charge in [-0.15, -0.1) is 0 Å². The molecule has 0 fully saturated rings. The van der Waals surface area contributed by atoms with Crippen LogP contribution in [0.15, 0.2) is 16.9 Å². The highest BCUT2D eigenvalue weighted by Crippen LogP contribution is 2.26. The van der Waals surface area contributed by atoms with Crippen LogP contribution >= 0.6 is 15.9 Å². The van der Waals surface area contributed by atoms with Crippen molar-refractivity contribution >= 4 is 27.3 Å². The van der Waals surface area contributed by atoms with Crippen molar-refractivity contribution in [2.24, 2.45) is 0 Å². The Morgan fingerprint density at radius 1 is 1.69 bits per heavy atom. The average Bonchev–Trinajstić information content (AvgIpc) is 2.13. The number of halogens is 1. The topological polar surface area (TPSA) is 88.3 Å². The quantitative estimate of drug-likeness (QED) is 0.502. The van der Waals surface area contributed by atoms with Crippen molar-refractivity contribution < 1.29 is 10.0 Å². The maximum absolute atomic E-state index is 10.7. The summed E-state index contributed by atoms with van der Waals surface area (Å²) in [5.74, 6) is 0. The third-order valence-corrected chi connectivity index (χ3v) is 2.19. The van der Waals surface area contributed by atoms with E-state index in [1.165, 1.54) is 6.07 Å². The summed E-state index contributed by atoms with van der Waals surface area (Å²) in [5.41, 5.74) is -0.731. The van der Waals surface area contributed by atoms with Gasteiger partial charge in [-0.1, -0.05) is 0 Å². The molecule has 0 amide bonds. The fraction of sp³-hybridized carbons (Fsp3) is 0.444. The Morgan fingerprint density at radius 2 is 2.31 bits per heavy atom. The second-order valence-corrected chi connectivity index (χ2v) is 4.76. The molecule has 0 bridgehead atoms. The molecule has 7 heteroatoms. The summed E-state index contributed by atoms with van der Waals surface area (Å²) in [7, 11) is 0. The van der Waals surface area contributed by atoms with Gasteiger partial charge < -0.3 is 10.4 Å². The highest BCUT2D eigenvalue weighted by Gasteiger charge is 2.18. The van der Waals surface area contributed by atoms with Gasteiger partial charge in [-0.2, -0.15) is 0 Å². The van der Waals surface area contributed by atoms with Crippen molar-refractivity contribution in [3.8, 4) is 0 Å². The Kier molecular flexibility index (Phi) is 3.82. The molecule has 16 heavy (non-hydrogen) atoms. The Bertz CT molecular complexity index is 403. The van der Waals surface area contributed by atoms with Crippen LogP contribution in [0.4, 0.5) is 11.4 Å². The number of hydrogen-bond acceptors (Lipinski definition) is 5. The molecule has 0 aliphatic heterocycles. The summed E-state index contributed by atoms with van der Waals surface area (Å²) < 4.78 is 0.497. The maximum Gasteiger partial charge on any atom is 0.310 e. The van der Waals surface area contributed by atoms with Crippen molar-refractivity contribution in [3.05, 3.63) is 27.0 Å². The predicted octanol–water partition coefficient (Wildman–Crippen LogP) is 1.94. The molecule has 0 aliphatic carbocycles. The number of anilines is 1. The molecular formula is C9H12BrN3O3. The van der Waals surface area contributed by atoms with Crippen LogP contribution in [-0.2, 0) is 0 Å². The number of pyridine rings is 1. The fourth-order valence-electron chi connectivity index (χ4n) is 1.02. The van der Waals surface area contributed by atoms with Gasteiger partial charge in [0.2, 0.25) is 0 Å². The van der Waals surface area contributed by atoms with E-state index in [2.05, 4.69) is 26.2 Å². The van der Waals surface area contributed by atoms with E-state index in [-0.39, 0.29) is 12.2 Å². The SMILES string of the molecule is CC(C)(O)CNc1cc(Br)ncc1[N+](=O)[O-]. The lowest BCUT2D eigenvalue weighted by molar-refractivity contribution is -0.384. The maximum atomic E-state index is 10.7. The second kappa shape index (κ2) is 4.75. The largest absolute Gasteiger partial charge is 0.389 e. The smallest absolute Gasteiger partial charge is 0.310 e. The lowest BCUT2D eigenvalue weighted by Gasteiger charge is -2.18. The van der Waals surface area contributed by atoms with Gasteiger partial charge in [-0.05, 0) is 29.8 Å². The van der Waals surface area contributed by atoms with E-state index >= 15 is 0 Å². The van der Waals surface area contributed by atoms with Crippen molar-refractivity contribution in [1.82, 2.24) is 4.98 Å². The van der Waals surface area contributed by atoms with Gasteiger partial charge in [0.15, 0.2) is 0 Å². The Balaban J connectivity index is 2.93. The zero-order valence-electron chi connectivity index (χ0n) is 8.90. The first kappa shape index (κ1) is 12.9. The highest BCUT2D eigenvalue weighted by molar-refractivity contribution is 9.10. The van der Waals surface area contributed by atoms with Crippen LogP contribution in [-0.4, -0.2) is 27.2 Å². The molecule has 0 unspecified atom stereocenters. The van der Waals surface area contributed by atoms with Crippen LogP contribution < -0.4 is 5.32 Å². The van der Waals surface area contributed by atoms with Gasteiger partial charge in [0, 0.05) is 12.6 Å². The molecule has 0 radical (unpaired) electrons. The van der Waals surface area contributed by atoms with E-state index in [1.807, 2.05) is 0 Å². The lowest BCUT2D eigenvalue weighted by atomic mass is 10.1. The summed E-state index contributed by atoms with van der Waals surface area (Å²) in [4.78, 5) is 14.0. The number of nitrogens with one attached hydrogen (secondary N) is 1. The van der Waals surface area contributed by atoms with Crippen LogP contribution in [0.5, 0.6) is 0 Å². The highest BCUT2D eigenvalue weighted by atomic mass is 79.9. The lowest BCUT2D eigenvalue weighted by Crippen LogP contribution is -2.29. The fourth-order valence-corrected chi connectivity index (χ4v) is 1.35. The van der Waals surface area contributed by atoms with E-state index in [0.29, 0.717) is 10.3 Å². The molecule has 0 spiro atoms. The summed E-state index contributed by atoms with van der Waals surface area (Å²) in [6, 6.07) is 1.50. The molecule has 2 N–H and O–H groups in total. The minimum Gasteiger partial charge on any atom is -0.389 e. The number of nitro groups is 1. The van der Waals surface area contributed by atoms with Crippen molar-refractivity contribution in [1.29, 1.82) is 0 Å². The first-order chi connectivity index (χ1) is 7.29. The van der Waals surface area contributed by atoms with Crippen LogP contribution in [0.2, 0.25) is 0 Å². The molecule has 0 aliphatic rings. The van der Waals surface area contributed by atoms with Gasteiger partial charge >= 0.3 is 5.69 Å². The minimum absolute atomic E-state index is 0.118. The zero-order chi connectivity index (χ0) is 12.3. The molecule has 0 atom stereocenters. The van der Waals surface area contributed by atoms with E-state index in [4.69, 9.17) is 0 Å². The molecule has 1 aromatic rings. The number of aliphatic hydroxyl groups is 1. The molecule has 1 aromatic heterocycles. The van der Waals surface area contributed by atoms with Gasteiger partial charge in [-0.25, -0.2) is 4.98 Å². The Labute approximate surface area is 101 Å². The first-order valence-corrected chi connectivity index (χ1v) is 5.35. The van der Waals surface area contributed by atoms with Crippen LogP contribution in [0, 0.1) is 10.1 Å². The standard InChI is InChI=1S/C9H12BrN3O3/c1-9(2,14)5-12-6-3-8(10)11-4-7(6)13(15)16/h3-4,14H,5H2,1-2H3,(H,11,12). The van der Waals surface area contributed by atoms with Crippen LogP contribution in [0.1, 0.15) is 13.8 Å². The summed E-state index contributed by atoms with van der Waals surface area (Å²) in [6.45, 7) is 3.44. The minimum atomic E-state index is -0.941. The molecular weight excluding hydrogens is 278 g/mol. The normalized spacial score (nSPS) is 11.2. The molecule has 88 valence electrons. The Hall–Kier alpha value is -1.21. The summed E-state index contributed by atoms with van der Waals surface area (Å²) in [6.07, 6.45) is 1.16. The third kappa shape index (κ3) is 3.74. The van der Waals surface area contributed by atoms with Gasteiger partial charge in [0.1, 0.15) is 16.5 Å². The van der Waals surface area contributed by atoms with Crippen molar-refractivity contribution in [2.45, 2.75) is 19.4 Å². The molecule has 6 nitrogen and oxygen atoms in total. The van der Waals surface area contributed by atoms with E-state index in [0.717, 1.165) is 6.20 Å². The van der Waals surface area contributed by atoms with Gasteiger partial charge in [0.25, 0.3) is 0 Å². The average molecular weight is 290 g/mol. The van der Waals surface area contributed by atoms with Crippen molar-refractivity contribution in [3.63, 3.8) is 0 Å². The number of nitrogens with zero attached hydrogens (tertiary/aromatic N) is 2. The monoisotopic (exact) mass is 289 g/mol. The predicted molar refractivity (Wildman–Crippen MR) is 63.4 cm³/mol. The van der Waals surface area contributed by atoms with E-state index in [1.54, 1.807) is 13.8 Å². The van der Waals surface area contributed by atoms with Crippen LogP contribution in [0.3, 0.4) is 0 Å². The molecule has 0 aromatic carbocycles. The Morgan fingerprint density at radius 3 is 2.81 bits per heavy atom. The third-order valence-electron chi connectivity index (χ3n) is 1.76. The summed E-state index contributed by atoms with van der Waals surface area (Å²) >= 11 is 3.13. The first-order valence-electron chi connectivity index (χ1n) is 4.56. The number of rotatable bonds is 4.